The minimum absolute atomic E-state index is 0. The molecule has 1 radical (unpaired) electrons. The zero-order chi connectivity index (χ0) is 6.41. The molecule has 0 aromatic heterocycles. The third-order valence-corrected chi connectivity index (χ3v) is 0.900. The fourth-order valence-corrected chi connectivity index (χ4v) is 0.429. The standard InChI is InChI=1S/C7H15O.Zr/c1-4-5-6-8-7(2)3;/h7H,2,4-6H2,1,3H3;. The summed E-state index contributed by atoms with van der Waals surface area (Å²) in [4.78, 5) is 0. The third kappa shape index (κ3) is 12.1. The summed E-state index contributed by atoms with van der Waals surface area (Å²) in [6.07, 6.45) is 2.51. The van der Waals surface area contributed by atoms with Crippen LogP contribution in [0.2, 0.25) is 0 Å². The molecule has 0 aliphatic carbocycles. The average Bonchev–Trinajstić information content (AvgIpc) is 1.66. The molecule has 53 valence electrons. The van der Waals surface area contributed by atoms with Gasteiger partial charge in [-0.3, -0.25) is 0 Å². The van der Waals surface area contributed by atoms with Crippen molar-refractivity contribution in [2.45, 2.75) is 32.8 Å². The first kappa shape index (κ1) is 12.5. The molecule has 9 heavy (non-hydrogen) atoms. The number of hydrogen-bond donors (Lipinski definition) is 0. The molecule has 0 saturated heterocycles. The summed E-state index contributed by atoms with van der Waals surface area (Å²) in [5.41, 5.74) is 0. The fourth-order valence-electron chi connectivity index (χ4n) is 0.429. The monoisotopic (exact) mass is 205 g/mol. The van der Waals surface area contributed by atoms with Gasteiger partial charge >= 0.3 is 0 Å². The summed E-state index contributed by atoms with van der Waals surface area (Å²) in [5, 5.41) is 0. The third-order valence-electron chi connectivity index (χ3n) is 0.900. The van der Waals surface area contributed by atoms with Gasteiger partial charge in [0.15, 0.2) is 0 Å². The Labute approximate surface area is 77.3 Å². The molecule has 0 aromatic rings. The maximum atomic E-state index is 5.17. The Bertz CT molecular complexity index is 46.2. The van der Waals surface area contributed by atoms with Gasteiger partial charge in [0.05, 0.1) is 6.10 Å². The second kappa shape index (κ2) is 8.84. The number of rotatable bonds is 4. The van der Waals surface area contributed by atoms with Crippen LogP contribution in [0.15, 0.2) is 0 Å². The Morgan fingerprint density at radius 2 is 2.11 bits per heavy atom. The van der Waals surface area contributed by atoms with Gasteiger partial charge in [0.1, 0.15) is 0 Å². The number of unbranched alkanes of at least 4 members (excludes halogenated alkanes) is 1. The second-order valence-electron chi connectivity index (χ2n) is 2.03. The van der Waals surface area contributed by atoms with Crippen LogP contribution in [0.3, 0.4) is 0 Å². The first-order valence-electron chi connectivity index (χ1n) is 3.22. The van der Waals surface area contributed by atoms with Crippen LogP contribution in [0.4, 0.5) is 0 Å². The molecule has 0 spiro atoms. The van der Waals surface area contributed by atoms with Gasteiger partial charge in [-0.1, -0.05) is 13.3 Å². The van der Waals surface area contributed by atoms with Crippen molar-refractivity contribution < 1.29 is 30.9 Å². The Balaban J connectivity index is 0. The quantitative estimate of drug-likeness (QED) is 0.640. The van der Waals surface area contributed by atoms with Gasteiger partial charge in [-0.05, 0) is 20.3 Å². The van der Waals surface area contributed by atoms with E-state index in [0.29, 0.717) is 0 Å². The molecule has 0 aliphatic heterocycles. The van der Waals surface area contributed by atoms with Gasteiger partial charge in [0, 0.05) is 32.8 Å². The smallest absolute Gasteiger partial charge is 0.0547 e. The topological polar surface area (TPSA) is 9.23 Å². The van der Waals surface area contributed by atoms with Crippen LogP contribution in [0, 0.1) is 6.92 Å². The second-order valence-corrected chi connectivity index (χ2v) is 2.03. The Hall–Kier alpha value is 0.843. The molecule has 1 nitrogen and oxygen atoms in total. The summed E-state index contributed by atoms with van der Waals surface area (Å²) in [7, 11) is 0. The van der Waals surface area contributed by atoms with Gasteiger partial charge < -0.3 is 4.74 Å². The van der Waals surface area contributed by atoms with Crippen molar-refractivity contribution in [3.05, 3.63) is 6.92 Å². The van der Waals surface area contributed by atoms with Crippen molar-refractivity contribution in [1.29, 1.82) is 0 Å². The van der Waals surface area contributed by atoms with Gasteiger partial charge in [0.25, 0.3) is 0 Å². The van der Waals surface area contributed by atoms with Gasteiger partial charge in [-0.25, -0.2) is 0 Å². The largest absolute Gasteiger partial charge is 0.379 e. The van der Waals surface area contributed by atoms with Gasteiger partial charge in [0.2, 0.25) is 0 Å². The molecule has 1 atom stereocenters. The summed E-state index contributed by atoms with van der Waals surface area (Å²) in [6.45, 7) is 8.65. The molecule has 2 heteroatoms. The first-order chi connectivity index (χ1) is 3.77. The molecule has 0 fully saturated rings. The van der Waals surface area contributed by atoms with Crippen molar-refractivity contribution in [2.24, 2.45) is 0 Å². The normalized spacial score (nSPS) is 9.33. The van der Waals surface area contributed by atoms with Crippen molar-refractivity contribution in [3.8, 4) is 0 Å². The van der Waals surface area contributed by atoms with Crippen LogP contribution in [0.25, 0.3) is 0 Å². The van der Waals surface area contributed by atoms with Crippen LogP contribution in [-0.4, -0.2) is 12.7 Å². The van der Waals surface area contributed by atoms with E-state index >= 15 is 0 Å². The molecule has 1 unspecified atom stereocenters. The predicted octanol–water partition coefficient (Wildman–Crippen LogP) is 2.02. The fraction of sp³-hybridized carbons (Fsp3) is 0.857. The zero-order valence-corrected chi connectivity index (χ0v) is 8.77. The Morgan fingerprint density at radius 1 is 1.56 bits per heavy atom. The van der Waals surface area contributed by atoms with Crippen LogP contribution < -0.4 is 0 Å². The van der Waals surface area contributed by atoms with Gasteiger partial charge in [-0.15, -0.1) is 0 Å². The number of hydrogen-bond acceptors (Lipinski definition) is 1. The van der Waals surface area contributed by atoms with E-state index in [2.05, 4.69) is 13.8 Å². The molecule has 0 aromatic carbocycles. The first-order valence-corrected chi connectivity index (χ1v) is 3.22. The summed E-state index contributed by atoms with van der Waals surface area (Å²) >= 11 is 0. The number of ether oxygens (including phenoxy) is 1. The molecule has 0 saturated carbocycles. The maximum absolute atomic E-state index is 5.17. The molecule has 0 rings (SSSR count). The minimum Gasteiger partial charge on any atom is -0.379 e. The minimum atomic E-state index is 0. The van der Waals surface area contributed by atoms with E-state index in [4.69, 9.17) is 4.74 Å². The van der Waals surface area contributed by atoms with Gasteiger partial charge in [-0.2, -0.15) is 0 Å². The van der Waals surface area contributed by atoms with Crippen molar-refractivity contribution in [2.75, 3.05) is 6.61 Å². The van der Waals surface area contributed by atoms with E-state index in [1.54, 1.807) is 0 Å². The summed E-state index contributed by atoms with van der Waals surface area (Å²) in [5.74, 6) is 0. The van der Waals surface area contributed by atoms with Crippen LogP contribution in [0.1, 0.15) is 26.7 Å². The SMILES string of the molecule is [CH2]C(C)OCCCC.[Zr]. The van der Waals surface area contributed by atoms with E-state index in [0.717, 1.165) is 13.0 Å². The van der Waals surface area contributed by atoms with Crippen LogP contribution in [-0.2, 0) is 30.9 Å². The Kier molecular flexibility index (Phi) is 12.3. The predicted molar refractivity (Wildman–Crippen MR) is 35.7 cm³/mol. The zero-order valence-electron chi connectivity index (χ0n) is 6.31. The van der Waals surface area contributed by atoms with E-state index in [9.17, 15) is 0 Å². The molecule has 0 amide bonds. The molecule has 0 bridgehead atoms. The summed E-state index contributed by atoms with van der Waals surface area (Å²) < 4.78 is 5.17. The van der Waals surface area contributed by atoms with Crippen molar-refractivity contribution >= 4 is 0 Å². The molecule has 0 heterocycles. The molecule has 0 aliphatic rings. The maximum Gasteiger partial charge on any atom is 0.0547 e. The molecule has 0 N–H and O–H groups in total. The van der Waals surface area contributed by atoms with E-state index in [1.807, 2.05) is 6.92 Å². The average molecular weight is 206 g/mol. The van der Waals surface area contributed by atoms with Crippen LogP contribution >= 0.6 is 0 Å². The van der Waals surface area contributed by atoms with E-state index in [1.165, 1.54) is 6.42 Å². The molecular weight excluding hydrogens is 191 g/mol. The van der Waals surface area contributed by atoms with Crippen molar-refractivity contribution in [1.82, 2.24) is 0 Å². The summed E-state index contributed by atoms with van der Waals surface area (Å²) in [6, 6.07) is 0. The van der Waals surface area contributed by atoms with Crippen molar-refractivity contribution in [3.63, 3.8) is 0 Å². The van der Waals surface area contributed by atoms with Crippen LogP contribution in [0.5, 0.6) is 0 Å². The van der Waals surface area contributed by atoms with E-state index < -0.39 is 0 Å². The molecular formula is C7H15OZr. The van der Waals surface area contributed by atoms with E-state index in [-0.39, 0.29) is 32.3 Å². The Morgan fingerprint density at radius 3 is 2.44 bits per heavy atom.